The molecule has 0 aromatic carbocycles. The van der Waals surface area contributed by atoms with Crippen molar-refractivity contribution in [3.05, 3.63) is 22.8 Å². The zero-order chi connectivity index (χ0) is 13.2. The molecule has 0 unspecified atom stereocenters. The molecular formula is C12H15ClN2O3. The van der Waals surface area contributed by atoms with Gasteiger partial charge < -0.3 is 15.2 Å². The van der Waals surface area contributed by atoms with Crippen LogP contribution in [0, 0.1) is 0 Å². The van der Waals surface area contributed by atoms with E-state index in [1.807, 2.05) is 0 Å². The Morgan fingerprint density at radius 2 is 2.22 bits per heavy atom. The highest BCUT2D eigenvalue weighted by Crippen LogP contribution is 2.26. The summed E-state index contributed by atoms with van der Waals surface area (Å²) in [5, 5.41) is 12.4. The van der Waals surface area contributed by atoms with E-state index in [9.17, 15) is 4.79 Å². The van der Waals surface area contributed by atoms with Crippen LogP contribution in [0.3, 0.4) is 0 Å². The molecule has 0 bridgehead atoms. The number of halogens is 1. The number of carboxylic acids is 1. The third kappa shape index (κ3) is 2.91. The van der Waals surface area contributed by atoms with E-state index in [-0.39, 0.29) is 16.1 Å². The van der Waals surface area contributed by atoms with E-state index in [0.29, 0.717) is 19.0 Å². The fourth-order valence-electron chi connectivity index (χ4n) is 1.93. The smallest absolute Gasteiger partial charge is 0.337 e. The third-order valence-electron chi connectivity index (χ3n) is 3.11. The van der Waals surface area contributed by atoms with Gasteiger partial charge in [-0.25, -0.2) is 9.78 Å². The van der Waals surface area contributed by atoms with Crippen LogP contribution in [0.4, 0.5) is 5.82 Å². The first-order valence-electron chi connectivity index (χ1n) is 5.75. The van der Waals surface area contributed by atoms with Crippen LogP contribution in [-0.2, 0) is 4.74 Å². The van der Waals surface area contributed by atoms with Gasteiger partial charge in [0, 0.05) is 24.9 Å². The summed E-state index contributed by atoms with van der Waals surface area (Å²) in [5.74, 6) is -0.524. The van der Waals surface area contributed by atoms with Crippen molar-refractivity contribution in [2.24, 2.45) is 0 Å². The second kappa shape index (κ2) is 5.12. The van der Waals surface area contributed by atoms with E-state index in [1.165, 1.54) is 12.3 Å². The molecule has 0 radical (unpaired) electrons. The number of rotatable bonds is 3. The summed E-state index contributed by atoms with van der Waals surface area (Å²) >= 11 is 5.78. The van der Waals surface area contributed by atoms with Gasteiger partial charge >= 0.3 is 5.97 Å². The maximum absolute atomic E-state index is 11.0. The molecule has 1 aliphatic rings. The van der Waals surface area contributed by atoms with Gasteiger partial charge in [0.2, 0.25) is 0 Å². The summed E-state index contributed by atoms with van der Waals surface area (Å²) in [6.07, 6.45) is 3.08. The second-order valence-corrected chi connectivity index (χ2v) is 5.06. The van der Waals surface area contributed by atoms with E-state index in [0.717, 1.165) is 12.8 Å². The van der Waals surface area contributed by atoms with Gasteiger partial charge in [0.1, 0.15) is 5.82 Å². The normalized spacial score (nSPS) is 18.3. The average Bonchev–Trinajstić information content (AvgIpc) is 2.32. The van der Waals surface area contributed by atoms with E-state index in [2.05, 4.69) is 17.2 Å². The lowest BCUT2D eigenvalue weighted by Crippen LogP contribution is -2.40. The number of pyridine rings is 1. The lowest BCUT2D eigenvalue weighted by molar-refractivity contribution is 0.0655. The molecule has 0 atom stereocenters. The predicted octanol–water partition coefficient (Wildman–Crippen LogP) is 2.41. The number of anilines is 1. The molecule has 1 aromatic rings. The van der Waals surface area contributed by atoms with Gasteiger partial charge in [-0.2, -0.15) is 0 Å². The number of hydrogen-bond acceptors (Lipinski definition) is 4. The van der Waals surface area contributed by atoms with Crippen molar-refractivity contribution in [1.29, 1.82) is 0 Å². The first-order chi connectivity index (χ1) is 8.50. The number of aromatic carboxylic acids is 1. The average molecular weight is 271 g/mol. The van der Waals surface area contributed by atoms with Crippen LogP contribution in [0.2, 0.25) is 5.02 Å². The van der Waals surface area contributed by atoms with Crippen LogP contribution in [0.25, 0.3) is 0 Å². The van der Waals surface area contributed by atoms with Crippen molar-refractivity contribution in [3.8, 4) is 0 Å². The molecule has 6 heteroatoms. The van der Waals surface area contributed by atoms with E-state index in [4.69, 9.17) is 21.4 Å². The highest BCUT2D eigenvalue weighted by molar-refractivity contribution is 6.33. The summed E-state index contributed by atoms with van der Waals surface area (Å²) in [4.78, 5) is 15.1. The summed E-state index contributed by atoms with van der Waals surface area (Å²) in [6, 6.07) is 1.46. The lowest BCUT2D eigenvalue weighted by Gasteiger charge is -2.35. The molecule has 2 heterocycles. The molecule has 5 nitrogen and oxygen atoms in total. The first kappa shape index (κ1) is 13.1. The molecule has 98 valence electrons. The van der Waals surface area contributed by atoms with Gasteiger partial charge in [0.15, 0.2) is 0 Å². The van der Waals surface area contributed by atoms with E-state index in [1.54, 1.807) is 0 Å². The molecule has 2 rings (SSSR count). The summed E-state index contributed by atoms with van der Waals surface area (Å²) in [5.41, 5.74) is -0.0562. The molecule has 1 aromatic heterocycles. The van der Waals surface area contributed by atoms with Crippen molar-refractivity contribution in [1.82, 2.24) is 4.98 Å². The summed E-state index contributed by atoms with van der Waals surface area (Å²) < 4.78 is 5.31. The third-order valence-corrected chi connectivity index (χ3v) is 3.41. The van der Waals surface area contributed by atoms with Gasteiger partial charge in [-0.3, -0.25) is 0 Å². The molecule has 0 spiro atoms. The number of nitrogens with one attached hydrogen (secondary N) is 1. The zero-order valence-electron chi connectivity index (χ0n) is 10.1. The summed E-state index contributed by atoms with van der Waals surface area (Å²) in [7, 11) is 0. The van der Waals surface area contributed by atoms with Gasteiger partial charge in [-0.1, -0.05) is 11.6 Å². The molecule has 0 saturated carbocycles. The van der Waals surface area contributed by atoms with Gasteiger partial charge in [0.05, 0.1) is 10.6 Å². The topological polar surface area (TPSA) is 71.5 Å². The monoisotopic (exact) mass is 270 g/mol. The van der Waals surface area contributed by atoms with Gasteiger partial charge in [-0.05, 0) is 25.8 Å². The van der Waals surface area contributed by atoms with Crippen molar-refractivity contribution >= 4 is 23.4 Å². The molecular weight excluding hydrogens is 256 g/mol. The Bertz CT molecular complexity index is 459. The molecule has 1 saturated heterocycles. The highest BCUT2D eigenvalue weighted by Gasteiger charge is 2.27. The minimum atomic E-state index is -1.05. The number of aromatic nitrogens is 1. The molecule has 18 heavy (non-hydrogen) atoms. The Morgan fingerprint density at radius 3 is 2.83 bits per heavy atom. The minimum absolute atomic E-state index is 0.0600. The fraction of sp³-hybridized carbons (Fsp3) is 0.500. The van der Waals surface area contributed by atoms with Crippen LogP contribution >= 0.6 is 11.6 Å². The highest BCUT2D eigenvalue weighted by atomic mass is 35.5. The zero-order valence-corrected chi connectivity index (χ0v) is 10.8. The Kier molecular flexibility index (Phi) is 3.73. The first-order valence-corrected chi connectivity index (χ1v) is 6.13. The largest absolute Gasteiger partial charge is 0.478 e. The van der Waals surface area contributed by atoms with Crippen molar-refractivity contribution in [2.75, 3.05) is 18.5 Å². The lowest BCUT2D eigenvalue weighted by atomic mass is 9.92. The van der Waals surface area contributed by atoms with E-state index < -0.39 is 5.97 Å². The molecule has 0 aliphatic carbocycles. The van der Waals surface area contributed by atoms with Crippen molar-refractivity contribution in [2.45, 2.75) is 25.3 Å². The second-order valence-electron chi connectivity index (χ2n) is 4.65. The number of carbonyl (C=O) groups is 1. The number of ether oxygens (including phenoxy) is 1. The Labute approximate surface area is 110 Å². The van der Waals surface area contributed by atoms with Crippen LogP contribution in [0.5, 0.6) is 0 Å². The summed E-state index contributed by atoms with van der Waals surface area (Å²) in [6.45, 7) is 3.47. The number of nitrogens with zero attached hydrogens (tertiary/aromatic N) is 1. The Balaban J connectivity index is 2.18. The molecule has 1 aliphatic heterocycles. The van der Waals surface area contributed by atoms with Crippen LogP contribution in [0.15, 0.2) is 12.3 Å². The van der Waals surface area contributed by atoms with Crippen LogP contribution in [-0.4, -0.2) is 34.8 Å². The maximum Gasteiger partial charge on any atom is 0.337 e. The minimum Gasteiger partial charge on any atom is -0.478 e. The van der Waals surface area contributed by atoms with Gasteiger partial charge in [-0.15, -0.1) is 0 Å². The molecule has 1 fully saturated rings. The SMILES string of the molecule is CC1(Nc2cc(C(=O)O)c(Cl)cn2)CCOCC1. The van der Waals surface area contributed by atoms with Crippen molar-refractivity contribution < 1.29 is 14.6 Å². The maximum atomic E-state index is 11.0. The van der Waals surface area contributed by atoms with Crippen LogP contribution < -0.4 is 5.32 Å². The number of hydrogen-bond donors (Lipinski definition) is 2. The van der Waals surface area contributed by atoms with Crippen molar-refractivity contribution in [3.63, 3.8) is 0 Å². The molecule has 2 N–H and O–H groups in total. The quantitative estimate of drug-likeness (QED) is 0.883. The molecule has 0 amide bonds. The Hall–Kier alpha value is -1.33. The predicted molar refractivity (Wildman–Crippen MR) is 68.3 cm³/mol. The number of carboxylic acid groups (broad SMARTS) is 1. The van der Waals surface area contributed by atoms with Crippen LogP contribution in [0.1, 0.15) is 30.1 Å². The van der Waals surface area contributed by atoms with E-state index >= 15 is 0 Å². The Morgan fingerprint density at radius 1 is 1.56 bits per heavy atom. The standard InChI is InChI=1S/C12H15ClN2O3/c1-12(2-4-18-5-3-12)15-10-6-8(11(16)17)9(13)7-14-10/h6-7H,2-5H2,1H3,(H,14,15)(H,16,17). The fourth-order valence-corrected chi connectivity index (χ4v) is 2.11. The van der Waals surface area contributed by atoms with Gasteiger partial charge in [0.25, 0.3) is 0 Å².